The standard InChI is InChI=1S/C12H17FN2O/c1-12(2,8-15-11(16)7-14)9-3-5-10(13)6-4-9/h3-6H,7-8,14H2,1-2H3,(H,15,16). The van der Waals surface area contributed by atoms with Crippen LogP contribution in [0.25, 0.3) is 0 Å². The second kappa shape index (κ2) is 5.07. The van der Waals surface area contributed by atoms with Gasteiger partial charge in [-0.2, -0.15) is 0 Å². The fourth-order valence-electron chi connectivity index (χ4n) is 1.39. The van der Waals surface area contributed by atoms with Gasteiger partial charge in [-0.05, 0) is 17.7 Å². The first-order valence-corrected chi connectivity index (χ1v) is 5.18. The van der Waals surface area contributed by atoms with Gasteiger partial charge in [0.15, 0.2) is 0 Å². The average Bonchev–Trinajstić information content (AvgIpc) is 2.26. The Labute approximate surface area is 94.8 Å². The second-order valence-electron chi connectivity index (χ2n) is 4.37. The van der Waals surface area contributed by atoms with Gasteiger partial charge in [-0.25, -0.2) is 4.39 Å². The summed E-state index contributed by atoms with van der Waals surface area (Å²) in [6.07, 6.45) is 0. The lowest BCUT2D eigenvalue weighted by atomic mass is 9.84. The molecule has 0 atom stereocenters. The Bertz CT molecular complexity index is 360. The van der Waals surface area contributed by atoms with Gasteiger partial charge in [0, 0.05) is 12.0 Å². The van der Waals surface area contributed by atoms with Crippen LogP contribution in [0.5, 0.6) is 0 Å². The Morgan fingerprint density at radius 3 is 2.44 bits per heavy atom. The molecule has 0 saturated carbocycles. The third-order valence-corrected chi connectivity index (χ3v) is 2.54. The molecule has 0 aliphatic rings. The van der Waals surface area contributed by atoms with E-state index in [9.17, 15) is 9.18 Å². The quantitative estimate of drug-likeness (QED) is 0.806. The SMILES string of the molecule is CC(C)(CNC(=O)CN)c1ccc(F)cc1. The lowest BCUT2D eigenvalue weighted by Gasteiger charge is -2.25. The van der Waals surface area contributed by atoms with Crippen molar-refractivity contribution in [2.45, 2.75) is 19.3 Å². The van der Waals surface area contributed by atoms with Crippen molar-refractivity contribution in [2.24, 2.45) is 5.73 Å². The molecule has 1 amide bonds. The van der Waals surface area contributed by atoms with Gasteiger partial charge in [0.1, 0.15) is 5.82 Å². The van der Waals surface area contributed by atoms with Gasteiger partial charge in [0.25, 0.3) is 0 Å². The summed E-state index contributed by atoms with van der Waals surface area (Å²) in [5.41, 5.74) is 5.94. The highest BCUT2D eigenvalue weighted by Gasteiger charge is 2.20. The number of hydrogen-bond acceptors (Lipinski definition) is 2. The van der Waals surface area contributed by atoms with Crippen LogP contribution in [0.15, 0.2) is 24.3 Å². The van der Waals surface area contributed by atoms with Gasteiger partial charge in [-0.1, -0.05) is 26.0 Å². The van der Waals surface area contributed by atoms with E-state index in [2.05, 4.69) is 5.32 Å². The highest BCUT2D eigenvalue weighted by Crippen LogP contribution is 2.22. The van der Waals surface area contributed by atoms with E-state index in [1.165, 1.54) is 12.1 Å². The van der Waals surface area contributed by atoms with Crippen molar-refractivity contribution in [1.29, 1.82) is 0 Å². The molecule has 3 N–H and O–H groups in total. The highest BCUT2D eigenvalue weighted by atomic mass is 19.1. The molecule has 1 aromatic carbocycles. The topological polar surface area (TPSA) is 55.1 Å². The number of carbonyl (C=O) groups is 1. The Morgan fingerprint density at radius 1 is 1.38 bits per heavy atom. The van der Waals surface area contributed by atoms with Gasteiger partial charge in [0.2, 0.25) is 5.91 Å². The van der Waals surface area contributed by atoms with Crippen molar-refractivity contribution >= 4 is 5.91 Å². The van der Waals surface area contributed by atoms with Crippen LogP contribution in [0.3, 0.4) is 0 Å². The Kier molecular flexibility index (Phi) is 4.01. The van der Waals surface area contributed by atoms with Crippen LogP contribution >= 0.6 is 0 Å². The maximum Gasteiger partial charge on any atom is 0.233 e. The first-order chi connectivity index (χ1) is 7.45. The molecular weight excluding hydrogens is 207 g/mol. The minimum absolute atomic E-state index is 0.0144. The Balaban J connectivity index is 2.69. The van der Waals surface area contributed by atoms with E-state index in [4.69, 9.17) is 5.73 Å². The first-order valence-electron chi connectivity index (χ1n) is 5.18. The molecule has 0 bridgehead atoms. The van der Waals surface area contributed by atoms with E-state index in [-0.39, 0.29) is 23.7 Å². The highest BCUT2D eigenvalue weighted by molar-refractivity contribution is 5.77. The summed E-state index contributed by atoms with van der Waals surface area (Å²) in [6, 6.07) is 6.29. The molecule has 0 aliphatic heterocycles. The molecule has 0 spiro atoms. The summed E-state index contributed by atoms with van der Waals surface area (Å²) in [5.74, 6) is -0.444. The molecule has 1 aromatic rings. The van der Waals surface area contributed by atoms with E-state index in [0.29, 0.717) is 6.54 Å². The van der Waals surface area contributed by atoms with Gasteiger partial charge in [0.05, 0.1) is 6.54 Å². The number of hydrogen-bond donors (Lipinski definition) is 2. The molecule has 88 valence electrons. The van der Waals surface area contributed by atoms with Crippen LogP contribution < -0.4 is 11.1 Å². The smallest absolute Gasteiger partial charge is 0.233 e. The molecule has 0 unspecified atom stereocenters. The molecule has 1 rings (SSSR count). The fourth-order valence-corrected chi connectivity index (χ4v) is 1.39. The minimum Gasteiger partial charge on any atom is -0.354 e. The zero-order valence-corrected chi connectivity index (χ0v) is 9.59. The molecule has 0 radical (unpaired) electrons. The Morgan fingerprint density at radius 2 is 1.94 bits per heavy atom. The molecule has 3 nitrogen and oxygen atoms in total. The summed E-state index contributed by atoms with van der Waals surface area (Å²) < 4.78 is 12.8. The van der Waals surface area contributed by atoms with Crippen molar-refractivity contribution in [3.05, 3.63) is 35.6 Å². The van der Waals surface area contributed by atoms with E-state index in [1.807, 2.05) is 13.8 Å². The van der Waals surface area contributed by atoms with Crippen LogP contribution in [-0.4, -0.2) is 19.0 Å². The van der Waals surface area contributed by atoms with Crippen molar-refractivity contribution in [2.75, 3.05) is 13.1 Å². The number of halogens is 1. The maximum absolute atomic E-state index is 12.8. The van der Waals surface area contributed by atoms with Crippen LogP contribution in [-0.2, 0) is 10.2 Å². The van der Waals surface area contributed by atoms with Crippen LogP contribution in [0.4, 0.5) is 4.39 Å². The Hall–Kier alpha value is -1.42. The van der Waals surface area contributed by atoms with E-state index >= 15 is 0 Å². The molecule has 0 aliphatic carbocycles. The molecule has 0 heterocycles. The van der Waals surface area contributed by atoms with Gasteiger partial charge in [-0.15, -0.1) is 0 Å². The maximum atomic E-state index is 12.8. The lowest BCUT2D eigenvalue weighted by molar-refractivity contribution is -0.119. The number of nitrogens with two attached hydrogens (primary N) is 1. The van der Waals surface area contributed by atoms with Gasteiger partial charge < -0.3 is 11.1 Å². The van der Waals surface area contributed by atoms with Crippen molar-refractivity contribution in [3.8, 4) is 0 Å². The third kappa shape index (κ3) is 3.31. The third-order valence-electron chi connectivity index (χ3n) is 2.54. The van der Waals surface area contributed by atoms with Gasteiger partial charge >= 0.3 is 0 Å². The monoisotopic (exact) mass is 224 g/mol. The van der Waals surface area contributed by atoms with E-state index in [0.717, 1.165) is 5.56 Å². The molecule has 16 heavy (non-hydrogen) atoms. The summed E-state index contributed by atoms with van der Waals surface area (Å²) in [4.78, 5) is 11.0. The van der Waals surface area contributed by atoms with E-state index < -0.39 is 0 Å². The molecular formula is C12H17FN2O. The first kappa shape index (κ1) is 12.6. The average molecular weight is 224 g/mol. The fraction of sp³-hybridized carbons (Fsp3) is 0.417. The lowest BCUT2D eigenvalue weighted by Crippen LogP contribution is -2.39. The van der Waals surface area contributed by atoms with E-state index in [1.54, 1.807) is 12.1 Å². The predicted octanol–water partition coefficient (Wildman–Crippen LogP) is 1.18. The van der Waals surface area contributed by atoms with Crippen LogP contribution in [0, 0.1) is 5.82 Å². The number of benzene rings is 1. The summed E-state index contributed by atoms with van der Waals surface area (Å²) >= 11 is 0. The minimum atomic E-state index is -0.259. The number of carbonyl (C=O) groups excluding carboxylic acids is 1. The van der Waals surface area contributed by atoms with Crippen molar-refractivity contribution in [1.82, 2.24) is 5.32 Å². The van der Waals surface area contributed by atoms with Crippen LogP contribution in [0.1, 0.15) is 19.4 Å². The van der Waals surface area contributed by atoms with Crippen LogP contribution in [0.2, 0.25) is 0 Å². The second-order valence-corrected chi connectivity index (χ2v) is 4.37. The summed E-state index contributed by atoms with van der Waals surface area (Å²) in [6.45, 7) is 4.43. The van der Waals surface area contributed by atoms with Gasteiger partial charge in [-0.3, -0.25) is 4.79 Å². The predicted molar refractivity (Wildman–Crippen MR) is 61.5 cm³/mol. The largest absolute Gasteiger partial charge is 0.354 e. The number of amides is 1. The normalized spacial score (nSPS) is 11.2. The zero-order chi connectivity index (χ0) is 12.2. The molecule has 0 saturated heterocycles. The van der Waals surface area contributed by atoms with Crippen molar-refractivity contribution < 1.29 is 9.18 Å². The number of nitrogens with one attached hydrogen (secondary N) is 1. The summed E-state index contributed by atoms with van der Waals surface area (Å²) in [5, 5.41) is 2.73. The molecule has 0 fully saturated rings. The molecule has 0 aromatic heterocycles. The summed E-state index contributed by atoms with van der Waals surface area (Å²) in [7, 11) is 0. The molecule has 4 heteroatoms. The zero-order valence-electron chi connectivity index (χ0n) is 9.59. The van der Waals surface area contributed by atoms with Crippen molar-refractivity contribution in [3.63, 3.8) is 0 Å². The number of rotatable bonds is 4.